The predicted molar refractivity (Wildman–Crippen MR) is 87.5 cm³/mol. The highest BCUT2D eigenvalue weighted by atomic mass is 16.3. The molecule has 0 aromatic heterocycles. The first kappa shape index (κ1) is 15.8. The Morgan fingerprint density at radius 3 is 2.33 bits per heavy atom. The summed E-state index contributed by atoms with van der Waals surface area (Å²) in [6.07, 6.45) is 0.672. The Morgan fingerprint density at radius 1 is 1.10 bits per heavy atom. The largest absolute Gasteiger partial charge is 0.508 e. The molecule has 0 bridgehead atoms. The second-order valence-electron chi connectivity index (χ2n) is 6.19. The third kappa shape index (κ3) is 3.20. The second kappa shape index (κ2) is 6.04. The quantitative estimate of drug-likeness (QED) is 0.886. The Labute approximate surface area is 126 Å². The molecule has 0 radical (unpaired) electrons. The molecule has 0 spiro atoms. The van der Waals surface area contributed by atoms with Crippen molar-refractivity contribution >= 4 is 10.8 Å². The molecule has 3 heteroatoms. The van der Waals surface area contributed by atoms with E-state index in [-0.39, 0.29) is 11.7 Å². The van der Waals surface area contributed by atoms with Crippen LogP contribution < -0.4 is 0 Å². The van der Waals surface area contributed by atoms with Crippen molar-refractivity contribution in [3.05, 3.63) is 42.0 Å². The van der Waals surface area contributed by atoms with E-state index in [1.807, 2.05) is 45.3 Å². The number of hydrogen-bond acceptors (Lipinski definition) is 3. The maximum atomic E-state index is 11.1. The Bertz CT molecular complexity index is 624. The number of benzene rings is 2. The van der Waals surface area contributed by atoms with E-state index in [1.165, 1.54) is 0 Å². The third-order valence-corrected chi connectivity index (χ3v) is 4.32. The minimum atomic E-state index is -0.837. The Balaban J connectivity index is 2.44. The highest BCUT2D eigenvalue weighted by Crippen LogP contribution is 2.35. The molecule has 0 aliphatic heterocycles. The molecule has 21 heavy (non-hydrogen) atoms. The first-order valence-corrected chi connectivity index (χ1v) is 7.47. The van der Waals surface area contributed by atoms with E-state index in [9.17, 15) is 10.2 Å². The van der Waals surface area contributed by atoms with Gasteiger partial charge in [0.05, 0.1) is 5.60 Å². The lowest BCUT2D eigenvalue weighted by Crippen LogP contribution is -2.38. The van der Waals surface area contributed by atoms with Crippen molar-refractivity contribution in [1.29, 1.82) is 0 Å². The number of nitrogens with zero attached hydrogens (tertiary/aromatic N) is 1. The van der Waals surface area contributed by atoms with Crippen molar-refractivity contribution in [3.63, 3.8) is 0 Å². The standard InChI is InChI=1S/C18H25NO2/c1-5-18(21,13(2)12-19(3)4)16-8-6-15-11-17(20)9-7-14(15)10-16/h6-11,13,20-21H,5,12H2,1-4H3/t13-,18?/m1/s1. The summed E-state index contributed by atoms with van der Waals surface area (Å²) in [5.74, 6) is 0.397. The fourth-order valence-corrected chi connectivity index (χ4v) is 3.04. The van der Waals surface area contributed by atoms with Crippen LogP contribution in [0.1, 0.15) is 25.8 Å². The van der Waals surface area contributed by atoms with E-state index >= 15 is 0 Å². The third-order valence-electron chi connectivity index (χ3n) is 4.32. The van der Waals surface area contributed by atoms with Gasteiger partial charge in [0.1, 0.15) is 5.75 Å². The van der Waals surface area contributed by atoms with Crippen molar-refractivity contribution in [2.75, 3.05) is 20.6 Å². The average Bonchev–Trinajstić information content (AvgIpc) is 2.45. The SMILES string of the molecule is CCC(O)(c1ccc2cc(O)ccc2c1)[C@H](C)CN(C)C. The van der Waals surface area contributed by atoms with Crippen LogP contribution in [0, 0.1) is 5.92 Å². The van der Waals surface area contributed by atoms with E-state index in [2.05, 4.69) is 11.8 Å². The normalized spacial score (nSPS) is 16.1. The number of phenolic OH excluding ortho intramolecular Hbond substituents is 1. The minimum absolute atomic E-state index is 0.132. The lowest BCUT2D eigenvalue weighted by Gasteiger charge is -2.35. The number of fused-ring (bicyclic) bond motifs is 1. The molecule has 0 saturated heterocycles. The summed E-state index contributed by atoms with van der Waals surface area (Å²) < 4.78 is 0. The number of phenols is 1. The first-order valence-electron chi connectivity index (χ1n) is 7.47. The fourth-order valence-electron chi connectivity index (χ4n) is 3.04. The van der Waals surface area contributed by atoms with Crippen LogP contribution in [0.25, 0.3) is 10.8 Å². The van der Waals surface area contributed by atoms with Crippen LogP contribution in [0.5, 0.6) is 5.75 Å². The molecular weight excluding hydrogens is 262 g/mol. The van der Waals surface area contributed by atoms with Crippen molar-refractivity contribution in [2.24, 2.45) is 5.92 Å². The summed E-state index contributed by atoms with van der Waals surface area (Å²) in [5.41, 5.74) is 0.105. The highest BCUT2D eigenvalue weighted by molar-refractivity contribution is 5.84. The van der Waals surface area contributed by atoms with Crippen LogP contribution in [0.15, 0.2) is 36.4 Å². The van der Waals surface area contributed by atoms with E-state index in [0.717, 1.165) is 22.9 Å². The molecule has 0 fully saturated rings. The average molecular weight is 287 g/mol. The number of aromatic hydroxyl groups is 1. The Morgan fingerprint density at radius 2 is 1.71 bits per heavy atom. The topological polar surface area (TPSA) is 43.7 Å². The van der Waals surface area contributed by atoms with Crippen LogP contribution in [-0.4, -0.2) is 35.8 Å². The molecule has 0 saturated carbocycles. The monoisotopic (exact) mass is 287 g/mol. The molecule has 0 aliphatic rings. The zero-order valence-corrected chi connectivity index (χ0v) is 13.3. The van der Waals surface area contributed by atoms with E-state index in [0.29, 0.717) is 6.42 Å². The summed E-state index contributed by atoms with van der Waals surface area (Å²) in [6.45, 7) is 4.94. The predicted octanol–water partition coefficient (Wildman–Crippen LogP) is 3.34. The number of rotatable bonds is 5. The van der Waals surface area contributed by atoms with Crippen LogP contribution in [0.4, 0.5) is 0 Å². The van der Waals surface area contributed by atoms with Crippen LogP contribution in [-0.2, 0) is 5.60 Å². The lowest BCUT2D eigenvalue weighted by atomic mass is 9.79. The summed E-state index contributed by atoms with van der Waals surface area (Å²) >= 11 is 0. The van der Waals surface area contributed by atoms with Gasteiger partial charge in [-0.05, 0) is 55.1 Å². The van der Waals surface area contributed by atoms with E-state index in [4.69, 9.17) is 0 Å². The van der Waals surface area contributed by atoms with Crippen molar-refractivity contribution < 1.29 is 10.2 Å². The smallest absolute Gasteiger partial charge is 0.116 e. The van der Waals surface area contributed by atoms with Gasteiger partial charge in [0.15, 0.2) is 0 Å². The van der Waals surface area contributed by atoms with Gasteiger partial charge in [-0.1, -0.05) is 32.0 Å². The number of hydrogen-bond donors (Lipinski definition) is 2. The Hall–Kier alpha value is -1.58. The molecular formula is C18H25NO2. The maximum absolute atomic E-state index is 11.1. The summed E-state index contributed by atoms with van der Waals surface area (Å²) in [5, 5.41) is 22.7. The van der Waals surface area contributed by atoms with Crippen molar-refractivity contribution in [3.8, 4) is 5.75 Å². The van der Waals surface area contributed by atoms with Gasteiger partial charge in [0, 0.05) is 12.5 Å². The van der Waals surface area contributed by atoms with Gasteiger partial charge >= 0.3 is 0 Å². The Kier molecular flexibility index (Phi) is 4.55. The second-order valence-corrected chi connectivity index (χ2v) is 6.19. The summed E-state index contributed by atoms with van der Waals surface area (Å²) in [6, 6.07) is 11.3. The first-order chi connectivity index (χ1) is 9.86. The molecule has 1 unspecified atom stereocenters. The van der Waals surface area contributed by atoms with E-state index in [1.54, 1.807) is 12.1 Å². The molecule has 0 aliphatic carbocycles. The van der Waals surface area contributed by atoms with Gasteiger partial charge in [0.25, 0.3) is 0 Å². The van der Waals surface area contributed by atoms with E-state index < -0.39 is 5.60 Å². The number of aliphatic hydroxyl groups is 1. The zero-order valence-electron chi connectivity index (χ0n) is 13.3. The van der Waals surface area contributed by atoms with Gasteiger partial charge in [0.2, 0.25) is 0 Å². The fraction of sp³-hybridized carbons (Fsp3) is 0.444. The molecule has 2 N–H and O–H groups in total. The molecule has 114 valence electrons. The van der Waals surface area contributed by atoms with Gasteiger partial charge < -0.3 is 15.1 Å². The van der Waals surface area contributed by atoms with Crippen LogP contribution >= 0.6 is 0 Å². The van der Waals surface area contributed by atoms with Crippen LogP contribution in [0.2, 0.25) is 0 Å². The molecule has 2 rings (SSSR count). The molecule has 2 aromatic rings. The van der Waals surface area contributed by atoms with Crippen LogP contribution in [0.3, 0.4) is 0 Å². The van der Waals surface area contributed by atoms with Gasteiger partial charge in [-0.3, -0.25) is 0 Å². The molecule has 0 heterocycles. The molecule has 3 nitrogen and oxygen atoms in total. The highest BCUT2D eigenvalue weighted by Gasteiger charge is 2.34. The molecule has 2 atom stereocenters. The summed E-state index contributed by atoms with van der Waals surface area (Å²) in [4.78, 5) is 2.10. The van der Waals surface area contributed by atoms with Crippen molar-refractivity contribution in [2.45, 2.75) is 25.9 Å². The maximum Gasteiger partial charge on any atom is 0.116 e. The van der Waals surface area contributed by atoms with Gasteiger partial charge in [-0.15, -0.1) is 0 Å². The van der Waals surface area contributed by atoms with Crippen molar-refractivity contribution in [1.82, 2.24) is 4.90 Å². The van der Waals surface area contributed by atoms with Gasteiger partial charge in [-0.2, -0.15) is 0 Å². The minimum Gasteiger partial charge on any atom is -0.508 e. The molecule has 2 aromatic carbocycles. The molecule has 0 amide bonds. The van der Waals surface area contributed by atoms with Gasteiger partial charge in [-0.25, -0.2) is 0 Å². The zero-order chi connectivity index (χ0) is 15.6. The lowest BCUT2D eigenvalue weighted by molar-refractivity contribution is -0.0290. The summed E-state index contributed by atoms with van der Waals surface area (Å²) in [7, 11) is 4.05.